The van der Waals surface area contributed by atoms with Crippen LogP contribution in [0.1, 0.15) is 40.3 Å². The Morgan fingerprint density at radius 1 is 1.52 bits per heavy atom. The highest BCUT2D eigenvalue weighted by molar-refractivity contribution is 5.96. The van der Waals surface area contributed by atoms with Crippen LogP contribution in [0, 0.1) is 18.8 Å². The topological polar surface area (TPSA) is 96.7 Å². The molecular weight excluding hydrogens is 266 g/mol. The average molecular weight is 283 g/mol. The minimum atomic E-state index is -0.252. The summed E-state index contributed by atoms with van der Waals surface area (Å²) in [6.07, 6.45) is 1.41. The highest BCUT2D eigenvalue weighted by Gasteiger charge is 2.15. The number of nitrogens with two attached hydrogens (primary N) is 1. The van der Waals surface area contributed by atoms with Crippen molar-refractivity contribution in [3.63, 3.8) is 0 Å². The molecule has 4 N–H and O–H groups in total. The quantitative estimate of drug-likeness (QED) is 0.730. The molecule has 0 saturated carbocycles. The first-order valence-electron chi connectivity index (χ1n) is 6.58. The monoisotopic (exact) mass is 283 g/mol. The third kappa shape index (κ3) is 3.46. The van der Waals surface area contributed by atoms with E-state index < -0.39 is 0 Å². The first-order valence-corrected chi connectivity index (χ1v) is 6.58. The van der Waals surface area contributed by atoms with Crippen molar-refractivity contribution < 1.29 is 4.79 Å². The highest BCUT2D eigenvalue weighted by Crippen LogP contribution is 2.14. The van der Waals surface area contributed by atoms with Gasteiger partial charge in [0.2, 0.25) is 0 Å². The molecule has 0 saturated heterocycles. The summed E-state index contributed by atoms with van der Waals surface area (Å²) < 4.78 is 0. The van der Waals surface area contributed by atoms with E-state index in [1.54, 1.807) is 6.07 Å². The molecule has 6 heteroatoms. The van der Waals surface area contributed by atoms with Gasteiger partial charge in [0.1, 0.15) is 12.2 Å². The second kappa shape index (κ2) is 6.68. The summed E-state index contributed by atoms with van der Waals surface area (Å²) in [6, 6.07) is 5.19. The smallest absolute Gasteiger partial charge is 0.252 e. The number of hydrogen-bond donors (Lipinski definition) is 3. The fraction of sp³-hybridized carbons (Fsp3) is 0.267. The van der Waals surface area contributed by atoms with Gasteiger partial charge in [-0.05, 0) is 31.5 Å². The third-order valence-electron chi connectivity index (χ3n) is 3.09. The molecule has 21 heavy (non-hydrogen) atoms. The molecule has 108 valence electrons. The predicted molar refractivity (Wildman–Crippen MR) is 79.4 cm³/mol. The van der Waals surface area contributed by atoms with Crippen molar-refractivity contribution in [3.05, 3.63) is 47.0 Å². The van der Waals surface area contributed by atoms with Crippen LogP contribution < -0.4 is 11.1 Å². The van der Waals surface area contributed by atoms with Gasteiger partial charge in [0, 0.05) is 11.1 Å². The summed E-state index contributed by atoms with van der Waals surface area (Å²) in [5, 5.41) is 9.38. The minimum absolute atomic E-state index is 0.173. The first kappa shape index (κ1) is 14.8. The number of carbonyl (C=O) groups is 1. The number of hydrogen-bond acceptors (Lipinski definition) is 4. The van der Waals surface area contributed by atoms with E-state index in [0.29, 0.717) is 17.9 Å². The Hall–Kier alpha value is -2.65. The molecule has 1 heterocycles. The molecule has 2 aromatic rings. The molecule has 0 aliphatic rings. The maximum atomic E-state index is 12.4. The van der Waals surface area contributed by atoms with Crippen molar-refractivity contribution in [1.29, 1.82) is 0 Å². The van der Waals surface area contributed by atoms with Gasteiger partial charge in [-0.3, -0.25) is 9.89 Å². The maximum Gasteiger partial charge on any atom is 0.252 e. The Morgan fingerprint density at radius 2 is 2.33 bits per heavy atom. The summed E-state index contributed by atoms with van der Waals surface area (Å²) in [6.45, 7) is 4.00. The van der Waals surface area contributed by atoms with Crippen molar-refractivity contribution >= 4 is 5.91 Å². The lowest BCUT2D eigenvalue weighted by Gasteiger charge is -2.13. The fourth-order valence-corrected chi connectivity index (χ4v) is 1.93. The number of amides is 1. The average Bonchev–Trinajstić information content (AvgIpc) is 3.00. The van der Waals surface area contributed by atoms with Crippen LogP contribution in [0.4, 0.5) is 0 Å². The number of aromatic nitrogens is 3. The second-order valence-corrected chi connectivity index (χ2v) is 4.55. The number of aromatic amines is 1. The number of rotatable bonds is 3. The maximum absolute atomic E-state index is 12.4. The fourth-order valence-electron chi connectivity index (χ4n) is 1.93. The molecule has 1 amide bonds. The molecule has 0 fully saturated rings. The summed E-state index contributed by atoms with van der Waals surface area (Å²) in [5.74, 6) is 6.20. The van der Waals surface area contributed by atoms with E-state index in [0.717, 1.165) is 11.1 Å². The van der Waals surface area contributed by atoms with E-state index in [4.69, 9.17) is 5.73 Å². The van der Waals surface area contributed by atoms with Gasteiger partial charge in [0.05, 0.1) is 12.6 Å². The number of H-pyrrole nitrogens is 1. The summed E-state index contributed by atoms with van der Waals surface area (Å²) in [5.41, 5.74) is 7.60. The molecule has 1 atom stereocenters. The predicted octanol–water partition coefficient (Wildman–Crippen LogP) is 0.914. The Bertz CT molecular complexity index is 682. The molecular formula is C15H17N5O. The van der Waals surface area contributed by atoms with E-state index >= 15 is 0 Å². The van der Waals surface area contributed by atoms with Crippen molar-refractivity contribution in [2.45, 2.75) is 19.9 Å². The number of carbonyl (C=O) groups excluding carboxylic acids is 1. The van der Waals surface area contributed by atoms with Crippen LogP contribution in [-0.4, -0.2) is 27.6 Å². The molecule has 1 aromatic carbocycles. The lowest BCUT2D eigenvalue weighted by Crippen LogP contribution is -2.28. The molecule has 6 nitrogen and oxygen atoms in total. The van der Waals surface area contributed by atoms with Gasteiger partial charge >= 0.3 is 0 Å². The molecule has 0 aliphatic carbocycles. The molecule has 0 bridgehead atoms. The van der Waals surface area contributed by atoms with Crippen LogP contribution in [0.3, 0.4) is 0 Å². The van der Waals surface area contributed by atoms with Crippen LogP contribution in [0.25, 0.3) is 0 Å². The minimum Gasteiger partial charge on any atom is -0.342 e. The van der Waals surface area contributed by atoms with E-state index in [1.165, 1.54) is 6.33 Å². The van der Waals surface area contributed by atoms with Crippen LogP contribution in [0.15, 0.2) is 24.5 Å². The second-order valence-electron chi connectivity index (χ2n) is 4.55. The van der Waals surface area contributed by atoms with Gasteiger partial charge in [-0.2, -0.15) is 5.10 Å². The van der Waals surface area contributed by atoms with Gasteiger partial charge in [-0.1, -0.05) is 17.9 Å². The first-order chi connectivity index (χ1) is 10.1. The van der Waals surface area contributed by atoms with Crippen LogP contribution >= 0.6 is 0 Å². The normalized spacial score (nSPS) is 11.4. The zero-order chi connectivity index (χ0) is 15.2. The number of nitrogens with zero attached hydrogens (tertiary/aromatic N) is 2. The molecule has 0 radical (unpaired) electrons. The van der Waals surface area contributed by atoms with Gasteiger partial charge in [-0.15, -0.1) is 0 Å². The van der Waals surface area contributed by atoms with Crippen molar-refractivity contribution in [2.75, 3.05) is 6.54 Å². The Balaban J connectivity index is 2.19. The van der Waals surface area contributed by atoms with E-state index in [1.807, 2.05) is 26.0 Å². The van der Waals surface area contributed by atoms with Gasteiger partial charge in [0.25, 0.3) is 5.91 Å². The Labute approximate surface area is 123 Å². The number of benzene rings is 1. The molecule has 1 unspecified atom stereocenters. The lowest BCUT2D eigenvalue weighted by atomic mass is 10.0. The van der Waals surface area contributed by atoms with Crippen molar-refractivity contribution in [2.24, 2.45) is 5.73 Å². The van der Waals surface area contributed by atoms with E-state index in [9.17, 15) is 4.79 Å². The Kier molecular flexibility index (Phi) is 4.69. The van der Waals surface area contributed by atoms with Crippen LogP contribution in [0.5, 0.6) is 0 Å². The third-order valence-corrected chi connectivity index (χ3v) is 3.09. The molecule has 1 aromatic heterocycles. The van der Waals surface area contributed by atoms with Crippen molar-refractivity contribution in [3.8, 4) is 11.8 Å². The zero-order valence-corrected chi connectivity index (χ0v) is 12.0. The van der Waals surface area contributed by atoms with Crippen LogP contribution in [-0.2, 0) is 0 Å². The zero-order valence-electron chi connectivity index (χ0n) is 12.0. The molecule has 2 rings (SSSR count). The Morgan fingerprint density at radius 3 is 3.00 bits per heavy atom. The standard InChI is InChI=1S/C15H17N5O/c1-10-12(6-4-8-16)5-3-7-13(10)15(21)19-11(2)14-17-9-18-20-14/h3,5,7,9,11H,8,16H2,1-2H3,(H,19,21)(H,17,18,20). The van der Waals surface area contributed by atoms with Crippen molar-refractivity contribution in [1.82, 2.24) is 20.5 Å². The highest BCUT2D eigenvalue weighted by atomic mass is 16.1. The molecule has 0 aliphatic heterocycles. The summed E-state index contributed by atoms with van der Waals surface area (Å²) in [7, 11) is 0. The van der Waals surface area contributed by atoms with Gasteiger partial charge < -0.3 is 11.1 Å². The number of nitrogens with one attached hydrogen (secondary N) is 2. The van der Waals surface area contributed by atoms with Gasteiger partial charge in [-0.25, -0.2) is 4.98 Å². The SMILES string of the molecule is Cc1c(C#CCN)cccc1C(=O)NC(C)c1ncn[nH]1. The van der Waals surface area contributed by atoms with Gasteiger partial charge in [0.15, 0.2) is 0 Å². The van der Waals surface area contributed by atoms with Crippen LogP contribution in [0.2, 0.25) is 0 Å². The lowest BCUT2D eigenvalue weighted by molar-refractivity contribution is 0.0937. The summed E-state index contributed by atoms with van der Waals surface area (Å²) in [4.78, 5) is 16.4. The van der Waals surface area contributed by atoms with E-state index in [-0.39, 0.29) is 11.9 Å². The van der Waals surface area contributed by atoms with E-state index in [2.05, 4.69) is 32.3 Å². The molecule has 0 spiro atoms. The summed E-state index contributed by atoms with van der Waals surface area (Å²) >= 11 is 0. The largest absolute Gasteiger partial charge is 0.342 e.